The monoisotopic (exact) mass is 443 g/mol. The first kappa shape index (κ1) is 20.4. The van der Waals surface area contributed by atoms with E-state index >= 15 is 0 Å². The van der Waals surface area contributed by atoms with Crippen LogP contribution in [0.25, 0.3) is 22.9 Å². The van der Waals surface area contributed by atoms with Crippen molar-refractivity contribution in [1.29, 1.82) is 0 Å². The largest absolute Gasteiger partial charge is 0.480 e. The van der Waals surface area contributed by atoms with Gasteiger partial charge in [0.15, 0.2) is 11.5 Å². The van der Waals surface area contributed by atoms with E-state index in [1.54, 1.807) is 15.6 Å². The number of aliphatic carboxylic acids is 1. The van der Waals surface area contributed by atoms with Gasteiger partial charge in [0, 0.05) is 36.3 Å². The Morgan fingerprint density at radius 3 is 2.76 bits per heavy atom. The molecule has 0 fully saturated rings. The number of fused-ring (bicyclic) bond motifs is 1. The van der Waals surface area contributed by atoms with Crippen molar-refractivity contribution in [2.45, 2.75) is 19.9 Å². The Kier molecular flexibility index (Phi) is 5.27. The van der Waals surface area contributed by atoms with Crippen LogP contribution in [0.3, 0.4) is 0 Å². The molecular formula is C22H21N9O2. The third-order valence-electron chi connectivity index (χ3n) is 5.33. The maximum Gasteiger partial charge on any atom is 0.323 e. The zero-order valence-corrected chi connectivity index (χ0v) is 17.8. The van der Waals surface area contributed by atoms with Gasteiger partial charge in [0.2, 0.25) is 0 Å². The Balaban J connectivity index is 1.46. The third-order valence-corrected chi connectivity index (χ3v) is 5.33. The highest BCUT2D eigenvalue weighted by Gasteiger charge is 2.17. The average Bonchev–Trinajstić information content (AvgIpc) is 3.59. The van der Waals surface area contributed by atoms with E-state index in [2.05, 4.69) is 30.7 Å². The number of hydrogen-bond acceptors (Lipinski definition) is 7. The fourth-order valence-electron chi connectivity index (χ4n) is 3.78. The van der Waals surface area contributed by atoms with Crippen molar-refractivity contribution < 1.29 is 9.90 Å². The van der Waals surface area contributed by atoms with E-state index < -0.39 is 5.97 Å². The summed E-state index contributed by atoms with van der Waals surface area (Å²) in [4.78, 5) is 18.0. The van der Waals surface area contributed by atoms with Crippen molar-refractivity contribution in [3.8, 4) is 17.2 Å². The molecule has 5 rings (SSSR count). The van der Waals surface area contributed by atoms with Crippen molar-refractivity contribution in [2.24, 2.45) is 0 Å². The Bertz CT molecular complexity index is 1390. The predicted octanol–water partition coefficient (Wildman–Crippen LogP) is 2.35. The van der Waals surface area contributed by atoms with Crippen LogP contribution in [0.2, 0.25) is 0 Å². The highest BCUT2D eigenvalue weighted by molar-refractivity contribution is 5.73. The molecule has 5 aromatic rings. The molecule has 11 nitrogen and oxygen atoms in total. The van der Waals surface area contributed by atoms with Crippen molar-refractivity contribution >= 4 is 17.4 Å². The van der Waals surface area contributed by atoms with Gasteiger partial charge < -0.3 is 14.6 Å². The number of hydrogen-bond donors (Lipinski definition) is 2. The van der Waals surface area contributed by atoms with Crippen LogP contribution in [-0.2, 0) is 17.8 Å². The first-order chi connectivity index (χ1) is 16.1. The number of rotatable bonds is 8. The molecular weight excluding hydrogens is 422 g/mol. The van der Waals surface area contributed by atoms with E-state index in [0.29, 0.717) is 23.8 Å². The quantitative estimate of drug-likeness (QED) is 0.374. The molecule has 0 aliphatic heterocycles. The molecule has 2 N–H and O–H groups in total. The summed E-state index contributed by atoms with van der Waals surface area (Å²) < 4.78 is 3.65. The number of anilines is 1. The Morgan fingerprint density at radius 1 is 1.18 bits per heavy atom. The van der Waals surface area contributed by atoms with E-state index in [9.17, 15) is 9.90 Å². The smallest absolute Gasteiger partial charge is 0.323 e. The van der Waals surface area contributed by atoms with E-state index in [0.717, 1.165) is 29.1 Å². The number of aromatic nitrogens is 8. The van der Waals surface area contributed by atoms with Gasteiger partial charge >= 0.3 is 5.97 Å². The van der Waals surface area contributed by atoms with Crippen molar-refractivity contribution in [2.75, 3.05) is 11.4 Å². The SMILES string of the molecule is CCc1cc(N(CC(=O)O)Cc2ccc(-n3cccc3-c3nnn[nH]3)cc2)n2nccc2n1. The summed E-state index contributed by atoms with van der Waals surface area (Å²) in [6.07, 6.45) is 4.34. The zero-order valence-electron chi connectivity index (χ0n) is 17.8. The molecule has 0 radical (unpaired) electrons. The van der Waals surface area contributed by atoms with Gasteiger partial charge in [-0.15, -0.1) is 5.10 Å². The minimum Gasteiger partial charge on any atom is -0.480 e. The molecule has 0 atom stereocenters. The summed E-state index contributed by atoms with van der Waals surface area (Å²) >= 11 is 0. The normalized spacial score (nSPS) is 11.2. The number of carbonyl (C=O) groups is 1. The second-order valence-electron chi connectivity index (χ2n) is 7.49. The summed E-state index contributed by atoms with van der Waals surface area (Å²) in [7, 11) is 0. The molecule has 0 aliphatic rings. The topological polar surface area (TPSA) is 130 Å². The number of aryl methyl sites for hydroxylation is 1. The van der Waals surface area contributed by atoms with Gasteiger partial charge in [-0.1, -0.05) is 19.1 Å². The molecule has 11 heteroatoms. The van der Waals surface area contributed by atoms with Crippen LogP contribution in [0.1, 0.15) is 18.2 Å². The Morgan fingerprint density at radius 2 is 2.03 bits per heavy atom. The van der Waals surface area contributed by atoms with Gasteiger partial charge in [0.25, 0.3) is 0 Å². The summed E-state index contributed by atoms with van der Waals surface area (Å²) in [5.41, 5.74) is 4.31. The van der Waals surface area contributed by atoms with Crippen LogP contribution in [0, 0.1) is 0 Å². The van der Waals surface area contributed by atoms with Gasteiger partial charge in [0.05, 0.1) is 11.9 Å². The lowest BCUT2D eigenvalue weighted by Gasteiger charge is -2.24. The van der Waals surface area contributed by atoms with Gasteiger partial charge in [-0.25, -0.2) is 10.1 Å². The first-order valence-corrected chi connectivity index (χ1v) is 10.4. The lowest BCUT2D eigenvalue weighted by molar-refractivity contribution is -0.135. The van der Waals surface area contributed by atoms with Crippen LogP contribution in [0.4, 0.5) is 5.82 Å². The van der Waals surface area contributed by atoms with Crippen LogP contribution < -0.4 is 4.90 Å². The highest BCUT2D eigenvalue weighted by atomic mass is 16.4. The van der Waals surface area contributed by atoms with Crippen molar-refractivity contribution in [1.82, 2.24) is 39.8 Å². The second-order valence-corrected chi connectivity index (χ2v) is 7.49. The van der Waals surface area contributed by atoms with Crippen LogP contribution >= 0.6 is 0 Å². The van der Waals surface area contributed by atoms with Gasteiger partial charge in [0.1, 0.15) is 12.4 Å². The van der Waals surface area contributed by atoms with Crippen molar-refractivity contribution in [3.63, 3.8) is 0 Å². The van der Waals surface area contributed by atoms with E-state index in [1.165, 1.54) is 0 Å². The van der Waals surface area contributed by atoms with Gasteiger partial charge in [-0.3, -0.25) is 4.79 Å². The summed E-state index contributed by atoms with van der Waals surface area (Å²) in [6, 6.07) is 15.5. The number of carboxylic acid groups (broad SMARTS) is 1. The summed E-state index contributed by atoms with van der Waals surface area (Å²) in [5, 5.41) is 27.9. The maximum atomic E-state index is 11.7. The molecule has 166 valence electrons. The lowest BCUT2D eigenvalue weighted by atomic mass is 10.2. The summed E-state index contributed by atoms with van der Waals surface area (Å²) in [6.45, 7) is 2.26. The van der Waals surface area contributed by atoms with E-state index in [-0.39, 0.29) is 6.54 Å². The number of nitrogens with zero attached hydrogens (tertiary/aromatic N) is 8. The minimum atomic E-state index is -0.917. The molecule has 0 saturated heterocycles. The maximum absolute atomic E-state index is 11.7. The minimum absolute atomic E-state index is 0.163. The molecule has 4 heterocycles. The second kappa shape index (κ2) is 8.54. The number of H-pyrrole nitrogens is 1. The van der Waals surface area contributed by atoms with Crippen LogP contribution in [-0.4, -0.2) is 57.4 Å². The molecule has 0 spiro atoms. The molecule has 4 aromatic heterocycles. The Labute approximate surface area is 188 Å². The van der Waals surface area contributed by atoms with Crippen molar-refractivity contribution in [3.05, 3.63) is 72.2 Å². The number of tetrazole rings is 1. The third kappa shape index (κ3) is 4.03. The summed E-state index contributed by atoms with van der Waals surface area (Å²) in [5.74, 6) is 0.350. The van der Waals surface area contributed by atoms with E-state index in [1.807, 2.05) is 66.2 Å². The fraction of sp³-hybridized carbons (Fsp3) is 0.182. The molecule has 0 aliphatic carbocycles. The first-order valence-electron chi connectivity index (χ1n) is 10.4. The Hall–Kier alpha value is -4.54. The standard InChI is InChI=1S/C22H21N9O2/c1-2-16-12-20(31-19(24-16)9-10-23-31)29(14-21(32)33)13-15-5-7-17(8-6-15)30-11-3-4-18(30)22-25-27-28-26-22/h3-12H,2,13-14H2,1H3,(H,32,33)(H,25,26,27,28). The van der Waals surface area contributed by atoms with Gasteiger partial charge in [-0.2, -0.15) is 9.61 Å². The molecule has 0 saturated carbocycles. The molecule has 0 bridgehead atoms. The number of benzene rings is 1. The fourth-order valence-corrected chi connectivity index (χ4v) is 3.78. The number of nitrogens with one attached hydrogen (secondary N) is 1. The van der Waals surface area contributed by atoms with Crippen LogP contribution in [0.15, 0.2) is 60.9 Å². The highest BCUT2D eigenvalue weighted by Crippen LogP contribution is 2.23. The zero-order chi connectivity index (χ0) is 22.8. The molecule has 0 amide bonds. The predicted molar refractivity (Wildman–Crippen MR) is 120 cm³/mol. The number of carboxylic acids is 1. The molecule has 1 aromatic carbocycles. The molecule has 33 heavy (non-hydrogen) atoms. The van der Waals surface area contributed by atoms with E-state index in [4.69, 9.17) is 0 Å². The van der Waals surface area contributed by atoms with Gasteiger partial charge in [-0.05, 0) is 46.7 Å². The average molecular weight is 443 g/mol. The molecule has 0 unspecified atom stereocenters. The lowest BCUT2D eigenvalue weighted by Crippen LogP contribution is -2.31. The number of aromatic amines is 1. The van der Waals surface area contributed by atoms with Crippen LogP contribution in [0.5, 0.6) is 0 Å².